The summed E-state index contributed by atoms with van der Waals surface area (Å²) in [5.74, 6) is -1.01. The maximum absolute atomic E-state index is 12.6. The fourth-order valence-corrected chi connectivity index (χ4v) is 4.84. The molecular weight excluding hydrogens is 368 g/mol. The number of amides is 1. The summed E-state index contributed by atoms with van der Waals surface area (Å²) in [5, 5.41) is 12.4. The quantitative estimate of drug-likeness (QED) is 0.657. The van der Waals surface area contributed by atoms with Gasteiger partial charge in [-0.3, -0.25) is 4.79 Å². The highest BCUT2D eigenvalue weighted by Gasteiger charge is 2.43. The number of rotatable bonds is 7. The molecule has 0 saturated heterocycles. The minimum absolute atomic E-state index is 0.00616. The summed E-state index contributed by atoms with van der Waals surface area (Å²) in [4.78, 5) is 24.5. The number of carbonyl (C=O) groups is 2. The molecule has 0 aromatic heterocycles. The van der Waals surface area contributed by atoms with E-state index in [0.717, 1.165) is 32.1 Å². The first kappa shape index (κ1) is 19.8. The Morgan fingerprint density at radius 2 is 1.70 bits per heavy atom. The van der Waals surface area contributed by atoms with Crippen LogP contribution in [0.25, 0.3) is 0 Å². The van der Waals surface area contributed by atoms with Gasteiger partial charge in [0.05, 0.1) is 4.90 Å². The van der Waals surface area contributed by atoms with Gasteiger partial charge in [0.15, 0.2) is 0 Å². The molecule has 0 aliphatic heterocycles. The molecule has 2 aliphatic rings. The Kier molecular flexibility index (Phi) is 5.58. The van der Waals surface area contributed by atoms with Crippen LogP contribution in [0.15, 0.2) is 29.2 Å². The van der Waals surface area contributed by atoms with Gasteiger partial charge in [-0.15, -0.1) is 0 Å². The van der Waals surface area contributed by atoms with Crippen molar-refractivity contribution in [3.63, 3.8) is 0 Å². The monoisotopic (exact) mass is 394 g/mol. The molecule has 1 aromatic rings. The van der Waals surface area contributed by atoms with Crippen LogP contribution >= 0.6 is 0 Å². The van der Waals surface area contributed by atoms with E-state index < -0.39 is 27.4 Å². The lowest BCUT2D eigenvalue weighted by Gasteiger charge is -2.37. The summed E-state index contributed by atoms with van der Waals surface area (Å²) in [6.07, 6.45) is 5.05. The topological polar surface area (TPSA) is 113 Å². The number of carbonyl (C=O) groups excluding carboxylic acids is 1. The zero-order valence-corrected chi connectivity index (χ0v) is 16.2. The van der Waals surface area contributed by atoms with Crippen molar-refractivity contribution in [1.29, 1.82) is 0 Å². The fourth-order valence-electron chi connectivity index (χ4n) is 3.53. The zero-order valence-electron chi connectivity index (χ0n) is 15.4. The summed E-state index contributed by atoms with van der Waals surface area (Å²) in [6, 6.07) is 5.60. The van der Waals surface area contributed by atoms with Gasteiger partial charge >= 0.3 is 5.97 Å². The second-order valence-corrected chi connectivity index (χ2v) is 9.33. The summed E-state index contributed by atoms with van der Waals surface area (Å²) < 4.78 is 27.0. The minimum Gasteiger partial charge on any atom is -0.480 e. The largest absolute Gasteiger partial charge is 0.480 e. The first-order valence-electron chi connectivity index (χ1n) is 9.44. The van der Waals surface area contributed by atoms with Crippen molar-refractivity contribution in [3.8, 4) is 0 Å². The molecule has 0 heterocycles. The van der Waals surface area contributed by atoms with Crippen molar-refractivity contribution < 1.29 is 23.1 Å². The Morgan fingerprint density at radius 1 is 1.11 bits per heavy atom. The van der Waals surface area contributed by atoms with Crippen LogP contribution in [0, 0.1) is 5.92 Å². The van der Waals surface area contributed by atoms with Crippen molar-refractivity contribution in [2.45, 2.75) is 68.3 Å². The molecule has 3 N–H and O–H groups in total. The van der Waals surface area contributed by atoms with Gasteiger partial charge in [0.1, 0.15) is 5.54 Å². The van der Waals surface area contributed by atoms with Crippen LogP contribution in [0.2, 0.25) is 0 Å². The molecule has 148 valence electrons. The molecular formula is C19H26N2O5S. The van der Waals surface area contributed by atoms with Crippen molar-refractivity contribution in [2.75, 3.05) is 0 Å². The highest BCUT2D eigenvalue weighted by Crippen LogP contribution is 2.34. The predicted octanol–water partition coefficient (Wildman–Crippen LogP) is 2.28. The summed E-state index contributed by atoms with van der Waals surface area (Å²) >= 11 is 0. The smallest absolute Gasteiger partial charge is 0.329 e. The van der Waals surface area contributed by atoms with Gasteiger partial charge in [0.25, 0.3) is 5.91 Å². The third-order valence-electron chi connectivity index (χ3n) is 5.62. The minimum atomic E-state index is -3.58. The number of nitrogens with one attached hydrogen (secondary N) is 2. The standard InChI is InChI=1S/C19H26N2O5S/c1-2-13-9-11-19(12-10-13,18(23)24)20-17(22)14-3-7-16(8-4-14)27(25,26)21-15-5-6-15/h3-4,7-8,13,15,21H,2,5-6,9-12H2,1H3,(H,20,22)(H,23,24). The fraction of sp³-hybridized carbons (Fsp3) is 0.579. The first-order chi connectivity index (χ1) is 12.8. The van der Waals surface area contributed by atoms with Crippen LogP contribution in [0.4, 0.5) is 0 Å². The Balaban J connectivity index is 1.70. The van der Waals surface area contributed by atoms with E-state index in [2.05, 4.69) is 17.0 Å². The average molecular weight is 394 g/mol. The van der Waals surface area contributed by atoms with E-state index in [1.54, 1.807) is 0 Å². The molecule has 27 heavy (non-hydrogen) atoms. The van der Waals surface area contributed by atoms with Gasteiger partial charge in [0, 0.05) is 11.6 Å². The summed E-state index contributed by atoms with van der Waals surface area (Å²) in [6.45, 7) is 2.09. The molecule has 8 heteroatoms. The van der Waals surface area contributed by atoms with E-state index in [9.17, 15) is 23.1 Å². The van der Waals surface area contributed by atoms with Gasteiger partial charge in [0.2, 0.25) is 10.0 Å². The second kappa shape index (κ2) is 7.59. The molecule has 0 atom stereocenters. The van der Waals surface area contributed by atoms with Crippen LogP contribution in [0.3, 0.4) is 0 Å². The zero-order chi connectivity index (χ0) is 19.7. The molecule has 0 unspecified atom stereocenters. The molecule has 0 spiro atoms. The molecule has 1 amide bonds. The number of carboxylic acids is 1. The molecule has 2 fully saturated rings. The molecule has 2 saturated carbocycles. The van der Waals surface area contributed by atoms with Gasteiger partial charge in [-0.05, 0) is 68.7 Å². The van der Waals surface area contributed by atoms with Crippen LogP contribution in [0.5, 0.6) is 0 Å². The van der Waals surface area contributed by atoms with Crippen molar-refractivity contribution >= 4 is 21.9 Å². The number of carboxylic acid groups (broad SMARTS) is 1. The van der Waals surface area contributed by atoms with E-state index in [1.165, 1.54) is 24.3 Å². The van der Waals surface area contributed by atoms with E-state index in [1.807, 2.05) is 0 Å². The maximum Gasteiger partial charge on any atom is 0.329 e. The third kappa shape index (κ3) is 4.50. The van der Waals surface area contributed by atoms with Crippen LogP contribution < -0.4 is 10.0 Å². The van der Waals surface area contributed by atoms with Gasteiger partial charge in [-0.2, -0.15) is 0 Å². The Hall–Kier alpha value is -1.93. The van der Waals surface area contributed by atoms with Crippen molar-refractivity contribution in [3.05, 3.63) is 29.8 Å². The highest BCUT2D eigenvalue weighted by molar-refractivity contribution is 7.89. The molecule has 7 nitrogen and oxygen atoms in total. The van der Waals surface area contributed by atoms with Gasteiger partial charge in [-0.25, -0.2) is 17.9 Å². The number of sulfonamides is 1. The van der Waals surface area contributed by atoms with Gasteiger partial charge in [-0.1, -0.05) is 13.3 Å². The van der Waals surface area contributed by atoms with E-state index in [4.69, 9.17) is 0 Å². The second-order valence-electron chi connectivity index (χ2n) is 7.61. The number of benzene rings is 1. The Labute approximate surface area is 159 Å². The lowest BCUT2D eigenvalue weighted by atomic mass is 9.75. The van der Waals surface area contributed by atoms with Crippen LogP contribution in [-0.2, 0) is 14.8 Å². The van der Waals surface area contributed by atoms with Crippen molar-refractivity contribution in [2.24, 2.45) is 5.92 Å². The molecule has 2 aliphatic carbocycles. The molecule has 0 radical (unpaired) electrons. The predicted molar refractivity (Wildman–Crippen MR) is 99.9 cm³/mol. The van der Waals surface area contributed by atoms with E-state index in [-0.39, 0.29) is 16.5 Å². The Morgan fingerprint density at radius 3 is 2.19 bits per heavy atom. The molecule has 3 rings (SSSR count). The SMILES string of the molecule is CCC1CCC(NC(=O)c2ccc(S(=O)(=O)NC3CC3)cc2)(C(=O)O)CC1. The maximum atomic E-state index is 12.6. The Bertz CT molecular complexity index is 807. The van der Waals surface area contributed by atoms with Crippen molar-refractivity contribution in [1.82, 2.24) is 10.0 Å². The molecule has 0 bridgehead atoms. The molecule has 1 aromatic carbocycles. The lowest BCUT2D eigenvalue weighted by molar-refractivity contribution is -0.146. The van der Waals surface area contributed by atoms with E-state index in [0.29, 0.717) is 18.8 Å². The number of hydrogen-bond donors (Lipinski definition) is 3. The summed E-state index contributed by atoms with van der Waals surface area (Å²) in [7, 11) is -3.58. The lowest BCUT2D eigenvalue weighted by Crippen LogP contribution is -2.56. The summed E-state index contributed by atoms with van der Waals surface area (Å²) in [5.41, 5.74) is -1.00. The number of aliphatic carboxylic acids is 1. The van der Waals surface area contributed by atoms with E-state index >= 15 is 0 Å². The van der Waals surface area contributed by atoms with Crippen LogP contribution in [0.1, 0.15) is 62.2 Å². The normalized spacial score (nSPS) is 25.7. The average Bonchev–Trinajstić information content (AvgIpc) is 3.45. The highest BCUT2D eigenvalue weighted by atomic mass is 32.2. The van der Waals surface area contributed by atoms with Gasteiger partial charge < -0.3 is 10.4 Å². The first-order valence-corrected chi connectivity index (χ1v) is 10.9. The number of hydrogen-bond acceptors (Lipinski definition) is 4. The van der Waals surface area contributed by atoms with Crippen LogP contribution in [-0.4, -0.2) is 37.0 Å². The third-order valence-corrected chi connectivity index (χ3v) is 7.16.